The van der Waals surface area contributed by atoms with Crippen LogP contribution < -0.4 is 5.32 Å². The molecule has 1 aromatic carbocycles. The molecule has 0 saturated heterocycles. The number of hydrogen-bond acceptors (Lipinski definition) is 3. The molecule has 2 aromatic rings. The normalized spacial score (nSPS) is 10.8. The lowest BCUT2D eigenvalue weighted by Crippen LogP contribution is -2.10. The molecule has 0 radical (unpaired) electrons. The van der Waals surface area contributed by atoms with Gasteiger partial charge in [0.05, 0.1) is 13.2 Å². The first kappa shape index (κ1) is 14.5. The lowest BCUT2D eigenvalue weighted by molar-refractivity contribution is 0.109. The second-order valence-electron chi connectivity index (χ2n) is 4.23. The summed E-state index contributed by atoms with van der Waals surface area (Å²) < 4.78 is 5.71. The van der Waals surface area contributed by atoms with Crippen molar-refractivity contribution in [2.75, 3.05) is 6.54 Å². The van der Waals surface area contributed by atoms with Gasteiger partial charge in [0.1, 0.15) is 0 Å². The zero-order chi connectivity index (χ0) is 13.5. The third kappa shape index (κ3) is 4.62. The monoisotopic (exact) mass is 295 g/mol. The number of hydrogen-bond donors (Lipinski definition) is 1. The Morgan fingerprint density at radius 1 is 1.11 bits per heavy atom. The Hall–Kier alpha value is -0.870. The zero-order valence-corrected chi connectivity index (χ0v) is 12.6. The minimum atomic E-state index is 0.556. The van der Waals surface area contributed by atoms with Crippen molar-refractivity contribution < 1.29 is 4.74 Å². The van der Waals surface area contributed by atoms with Gasteiger partial charge >= 0.3 is 0 Å². The largest absolute Gasteiger partial charge is 0.371 e. The fourth-order valence-electron chi connectivity index (χ4n) is 1.72. The van der Waals surface area contributed by atoms with Crippen molar-refractivity contribution >= 4 is 22.9 Å². The molecular weight excluding hydrogens is 278 g/mol. The Morgan fingerprint density at radius 2 is 1.89 bits per heavy atom. The van der Waals surface area contributed by atoms with E-state index < -0.39 is 0 Å². The summed E-state index contributed by atoms with van der Waals surface area (Å²) >= 11 is 7.87. The van der Waals surface area contributed by atoms with Crippen LogP contribution in [0.5, 0.6) is 0 Å². The third-order valence-electron chi connectivity index (χ3n) is 2.73. The minimum absolute atomic E-state index is 0.556. The molecule has 1 heterocycles. The van der Waals surface area contributed by atoms with Gasteiger partial charge in [0, 0.05) is 21.3 Å². The van der Waals surface area contributed by atoms with Crippen LogP contribution in [0.2, 0.25) is 5.02 Å². The second kappa shape index (κ2) is 7.65. The lowest BCUT2D eigenvalue weighted by Gasteiger charge is -2.04. The summed E-state index contributed by atoms with van der Waals surface area (Å²) in [5.74, 6) is 0. The fraction of sp³-hybridized carbons (Fsp3) is 0.333. The van der Waals surface area contributed by atoms with Gasteiger partial charge < -0.3 is 10.1 Å². The smallest absolute Gasteiger partial charge is 0.0814 e. The van der Waals surface area contributed by atoms with Crippen molar-refractivity contribution in [3.05, 3.63) is 56.7 Å². The molecule has 2 rings (SSSR count). The third-order valence-corrected chi connectivity index (χ3v) is 4.15. The Bertz CT molecular complexity index is 512. The van der Waals surface area contributed by atoms with Gasteiger partial charge in [0.2, 0.25) is 0 Å². The highest BCUT2D eigenvalue weighted by molar-refractivity contribution is 7.11. The maximum Gasteiger partial charge on any atom is 0.0814 e. The maximum absolute atomic E-state index is 6.08. The molecule has 0 aliphatic heterocycles. The minimum Gasteiger partial charge on any atom is -0.371 e. The highest BCUT2D eigenvalue weighted by Crippen LogP contribution is 2.19. The molecule has 102 valence electrons. The molecule has 0 atom stereocenters. The highest BCUT2D eigenvalue weighted by atomic mass is 35.5. The number of nitrogens with one attached hydrogen (secondary N) is 1. The van der Waals surface area contributed by atoms with Gasteiger partial charge in [-0.15, -0.1) is 11.3 Å². The summed E-state index contributed by atoms with van der Waals surface area (Å²) in [7, 11) is 0. The second-order valence-corrected chi connectivity index (χ2v) is 5.89. The van der Waals surface area contributed by atoms with Crippen LogP contribution in [0.4, 0.5) is 0 Å². The molecule has 0 amide bonds. The zero-order valence-electron chi connectivity index (χ0n) is 11.0. The summed E-state index contributed by atoms with van der Waals surface area (Å²) in [5.41, 5.74) is 1.04. The van der Waals surface area contributed by atoms with E-state index in [9.17, 15) is 0 Å². The number of rotatable bonds is 7. The standard InChI is InChI=1S/C15H18ClNOS/c1-2-17-9-13-7-8-14(19-13)11-18-10-12-5-3-4-6-15(12)16/h3-8,17H,2,9-11H2,1H3. The van der Waals surface area contributed by atoms with Crippen molar-refractivity contribution in [1.29, 1.82) is 0 Å². The molecule has 1 aromatic heterocycles. The van der Waals surface area contributed by atoms with Crippen molar-refractivity contribution in [3.8, 4) is 0 Å². The van der Waals surface area contributed by atoms with Gasteiger partial charge in [-0.25, -0.2) is 0 Å². The van der Waals surface area contributed by atoms with Crippen molar-refractivity contribution in [2.24, 2.45) is 0 Å². The number of ether oxygens (including phenoxy) is 1. The van der Waals surface area contributed by atoms with E-state index in [1.807, 2.05) is 24.3 Å². The summed E-state index contributed by atoms with van der Waals surface area (Å²) in [6.07, 6.45) is 0. The van der Waals surface area contributed by atoms with Crippen molar-refractivity contribution in [2.45, 2.75) is 26.7 Å². The van der Waals surface area contributed by atoms with Crippen LogP contribution >= 0.6 is 22.9 Å². The van der Waals surface area contributed by atoms with Crippen LogP contribution in [-0.4, -0.2) is 6.54 Å². The average molecular weight is 296 g/mol. The molecule has 0 unspecified atom stereocenters. The number of thiophene rings is 1. The van der Waals surface area contributed by atoms with E-state index in [0.29, 0.717) is 13.2 Å². The SMILES string of the molecule is CCNCc1ccc(COCc2ccccc2Cl)s1. The molecule has 4 heteroatoms. The van der Waals surface area contributed by atoms with E-state index in [0.717, 1.165) is 23.7 Å². The van der Waals surface area contributed by atoms with E-state index in [2.05, 4.69) is 24.4 Å². The van der Waals surface area contributed by atoms with Crippen LogP contribution in [0, 0.1) is 0 Å². The number of benzene rings is 1. The van der Waals surface area contributed by atoms with Crippen molar-refractivity contribution in [3.63, 3.8) is 0 Å². The van der Waals surface area contributed by atoms with E-state index in [4.69, 9.17) is 16.3 Å². The molecule has 0 bridgehead atoms. The van der Waals surface area contributed by atoms with Gasteiger partial charge in [0.25, 0.3) is 0 Å². The van der Waals surface area contributed by atoms with E-state index in [-0.39, 0.29) is 0 Å². The predicted octanol–water partition coefficient (Wildman–Crippen LogP) is 4.23. The van der Waals surface area contributed by atoms with Crippen LogP contribution in [-0.2, 0) is 24.5 Å². The van der Waals surface area contributed by atoms with Crippen LogP contribution in [0.1, 0.15) is 22.2 Å². The summed E-state index contributed by atoms with van der Waals surface area (Å²) in [6, 6.07) is 12.1. The van der Waals surface area contributed by atoms with Gasteiger partial charge in [-0.3, -0.25) is 0 Å². The summed E-state index contributed by atoms with van der Waals surface area (Å²) in [4.78, 5) is 2.60. The van der Waals surface area contributed by atoms with E-state index in [1.165, 1.54) is 9.75 Å². The predicted molar refractivity (Wildman–Crippen MR) is 81.6 cm³/mol. The molecule has 0 fully saturated rings. The Morgan fingerprint density at radius 3 is 2.68 bits per heavy atom. The van der Waals surface area contributed by atoms with E-state index >= 15 is 0 Å². The maximum atomic E-state index is 6.08. The average Bonchev–Trinajstić information content (AvgIpc) is 2.86. The fourth-order valence-corrected chi connectivity index (χ4v) is 2.84. The highest BCUT2D eigenvalue weighted by Gasteiger charge is 2.02. The first-order chi connectivity index (χ1) is 9.29. The Kier molecular flexibility index (Phi) is 5.86. The molecule has 19 heavy (non-hydrogen) atoms. The number of halogens is 1. The van der Waals surface area contributed by atoms with E-state index in [1.54, 1.807) is 11.3 Å². The lowest BCUT2D eigenvalue weighted by atomic mass is 10.2. The van der Waals surface area contributed by atoms with Crippen LogP contribution in [0.3, 0.4) is 0 Å². The van der Waals surface area contributed by atoms with Gasteiger partial charge in [0.15, 0.2) is 0 Å². The van der Waals surface area contributed by atoms with Crippen molar-refractivity contribution in [1.82, 2.24) is 5.32 Å². The molecule has 0 spiro atoms. The van der Waals surface area contributed by atoms with Gasteiger partial charge in [-0.1, -0.05) is 36.7 Å². The summed E-state index contributed by atoms with van der Waals surface area (Å²) in [5, 5.41) is 4.08. The molecule has 0 aliphatic rings. The summed E-state index contributed by atoms with van der Waals surface area (Å²) in [6.45, 7) is 5.24. The Balaban J connectivity index is 1.79. The molecule has 0 saturated carbocycles. The molecule has 0 aliphatic carbocycles. The first-order valence-electron chi connectivity index (χ1n) is 6.39. The van der Waals surface area contributed by atoms with Gasteiger partial charge in [-0.2, -0.15) is 0 Å². The first-order valence-corrected chi connectivity index (χ1v) is 7.58. The molecule has 2 nitrogen and oxygen atoms in total. The molecule has 1 N–H and O–H groups in total. The Labute approximate surface area is 123 Å². The van der Waals surface area contributed by atoms with Crippen LogP contribution in [0.15, 0.2) is 36.4 Å². The molecular formula is C15H18ClNOS. The quantitative estimate of drug-likeness (QED) is 0.825. The topological polar surface area (TPSA) is 21.3 Å². The van der Waals surface area contributed by atoms with Gasteiger partial charge in [-0.05, 0) is 30.3 Å². The van der Waals surface area contributed by atoms with Crippen LogP contribution in [0.25, 0.3) is 0 Å².